The number of carbonyl (C=O) groups is 2. The molecule has 2 saturated heterocycles. The highest BCUT2D eigenvalue weighted by atomic mass is 16.5. The molecule has 0 spiro atoms. The van der Waals surface area contributed by atoms with E-state index < -0.39 is 0 Å². The van der Waals surface area contributed by atoms with Crippen molar-refractivity contribution >= 4 is 11.8 Å². The fraction of sp³-hybridized carbons (Fsp3) is 0.600. The first-order valence-corrected chi connectivity index (χ1v) is 9.35. The first-order valence-electron chi connectivity index (χ1n) is 9.35. The first kappa shape index (κ1) is 20.4. The summed E-state index contributed by atoms with van der Waals surface area (Å²) in [6, 6.07) is 0. The highest BCUT2D eigenvalue weighted by molar-refractivity contribution is 5.87. The maximum atomic E-state index is 12.0. The minimum absolute atomic E-state index is 0.102. The zero-order chi connectivity index (χ0) is 18.8. The van der Waals surface area contributed by atoms with Crippen LogP contribution in [0, 0.1) is 0 Å². The van der Waals surface area contributed by atoms with Crippen LogP contribution in [0.3, 0.4) is 0 Å². The van der Waals surface area contributed by atoms with E-state index in [0.717, 1.165) is 38.9 Å². The molecule has 26 heavy (non-hydrogen) atoms. The molecule has 2 unspecified atom stereocenters. The predicted octanol–water partition coefficient (Wildman–Crippen LogP) is 1.93. The lowest BCUT2D eigenvalue weighted by atomic mass is 10.2. The topological polar surface area (TPSA) is 59.1 Å². The van der Waals surface area contributed by atoms with Crippen LogP contribution in [0.2, 0.25) is 0 Å². The largest absolute Gasteiger partial charge is 0.376 e. The van der Waals surface area contributed by atoms with Crippen LogP contribution in [-0.4, -0.2) is 73.2 Å². The number of amides is 2. The third kappa shape index (κ3) is 6.42. The van der Waals surface area contributed by atoms with Gasteiger partial charge in [-0.25, -0.2) is 0 Å². The number of hydrogen-bond donors (Lipinski definition) is 0. The van der Waals surface area contributed by atoms with Gasteiger partial charge in [-0.15, -0.1) is 0 Å². The molecule has 0 N–H and O–H groups in total. The summed E-state index contributed by atoms with van der Waals surface area (Å²) < 4.78 is 11.2. The third-order valence-corrected chi connectivity index (χ3v) is 4.69. The van der Waals surface area contributed by atoms with E-state index in [4.69, 9.17) is 9.47 Å². The molecule has 6 heteroatoms. The summed E-state index contributed by atoms with van der Waals surface area (Å²) in [4.78, 5) is 27.5. The Kier molecular flexibility index (Phi) is 8.58. The Morgan fingerprint density at radius 3 is 1.58 bits per heavy atom. The molecule has 2 aliphatic rings. The van der Waals surface area contributed by atoms with E-state index in [9.17, 15) is 9.59 Å². The van der Waals surface area contributed by atoms with Crippen molar-refractivity contribution in [1.29, 1.82) is 0 Å². The maximum Gasteiger partial charge on any atom is 0.246 e. The summed E-state index contributed by atoms with van der Waals surface area (Å²) in [5, 5.41) is 0. The minimum atomic E-state index is -0.108. The summed E-state index contributed by atoms with van der Waals surface area (Å²) in [6.45, 7) is 10.8. The van der Waals surface area contributed by atoms with Gasteiger partial charge in [0.25, 0.3) is 0 Å². The molecule has 6 nitrogen and oxygen atoms in total. The van der Waals surface area contributed by atoms with E-state index in [0.29, 0.717) is 26.2 Å². The van der Waals surface area contributed by atoms with Crippen molar-refractivity contribution in [3.05, 3.63) is 37.5 Å². The molecular formula is C20H30N2O4. The average molecular weight is 362 g/mol. The van der Waals surface area contributed by atoms with Crippen molar-refractivity contribution in [3.8, 4) is 0 Å². The van der Waals surface area contributed by atoms with Gasteiger partial charge in [-0.05, 0) is 37.8 Å². The monoisotopic (exact) mass is 362 g/mol. The molecule has 2 fully saturated rings. The number of ether oxygens (including phenoxy) is 2. The van der Waals surface area contributed by atoms with Crippen LogP contribution in [0.4, 0.5) is 0 Å². The Morgan fingerprint density at radius 1 is 0.846 bits per heavy atom. The quantitative estimate of drug-likeness (QED) is 0.440. The average Bonchev–Trinajstić information content (AvgIpc) is 3.35. The maximum absolute atomic E-state index is 12.0. The fourth-order valence-electron chi connectivity index (χ4n) is 3.24. The molecule has 0 bridgehead atoms. The van der Waals surface area contributed by atoms with Gasteiger partial charge in [0.1, 0.15) is 0 Å². The lowest BCUT2D eigenvalue weighted by Crippen LogP contribution is -2.37. The van der Waals surface area contributed by atoms with Gasteiger partial charge < -0.3 is 19.3 Å². The van der Waals surface area contributed by atoms with Crippen LogP contribution in [0.25, 0.3) is 0 Å². The summed E-state index contributed by atoms with van der Waals surface area (Å²) >= 11 is 0. The van der Waals surface area contributed by atoms with Crippen molar-refractivity contribution in [2.45, 2.75) is 37.9 Å². The summed E-state index contributed by atoms with van der Waals surface area (Å²) in [6.07, 6.45) is 10.7. The van der Waals surface area contributed by atoms with Crippen LogP contribution < -0.4 is 0 Å². The molecule has 0 radical (unpaired) electrons. The zero-order valence-electron chi connectivity index (χ0n) is 15.5. The van der Waals surface area contributed by atoms with E-state index in [1.807, 2.05) is 12.2 Å². The van der Waals surface area contributed by atoms with Gasteiger partial charge in [0.2, 0.25) is 11.8 Å². The molecule has 2 rings (SSSR count). The van der Waals surface area contributed by atoms with E-state index in [1.165, 1.54) is 12.2 Å². The second-order valence-electron chi connectivity index (χ2n) is 6.64. The van der Waals surface area contributed by atoms with Gasteiger partial charge in [-0.1, -0.05) is 25.3 Å². The number of carbonyl (C=O) groups excluding carboxylic acids is 2. The zero-order valence-corrected chi connectivity index (χ0v) is 15.5. The lowest BCUT2D eigenvalue weighted by molar-refractivity contribution is -0.127. The Balaban J connectivity index is 1.85. The Hall–Kier alpha value is -1.92. The Morgan fingerprint density at radius 2 is 1.27 bits per heavy atom. The van der Waals surface area contributed by atoms with Crippen molar-refractivity contribution in [2.24, 2.45) is 0 Å². The second kappa shape index (κ2) is 10.9. The highest BCUT2D eigenvalue weighted by Crippen LogP contribution is 2.15. The van der Waals surface area contributed by atoms with Crippen molar-refractivity contribution in [1.82, 2.24) is 9.80 Å². The number of hydrogen-bond acceptors (Lipinski definition) is 4. The standard InChI is InChI=1S/C20H30N2O4/c1-3-19(23)21(15-17-9-7-13-25-17)11-5-6-12-22(20(24)4-2)16-18-10-8-14-26-18/h3-6,17-18H,1-2,7-16H2. The summed E-state index contributed by atoms with van der Waals surface area (Å²) in [7, 11) is 0. The molecule has 0 saturated carbocycles. The van der Waals surface area contributed by atoms with Gasteiger partial charge in [-0.2, -0.15) is 0 Å². The Labute approximate surface area is 156 Å². The predicted molar refractivity (Wildman–Crippen MR) is 101 cm³/mol. The van der Waals surface area contributed by atoms with Crippen LogP contribution in [0.5, 0.6) is 0 Å². The molecule has 0 aromatic rings. The van der Waals surface area contributed by atoms with Gasteiger partial charge in [-0.3, -0.25) is 9.59 Å². The molecule has 0 aromatic carbocycles. The van der Waals surface area contributed by atoms with E-state index in [1.54, 1.807) is 9.80 Å². The molecular weight excluding hydrogens is 332 g/mol. The Bertz CT molecular complexity index is 474. The van der Waals surface area contributed by atoms with Crippen LogP contribution in [0.15, 0.2) is 37.5 Å². The SMILES string of the molecule is C=CC(=O)N(CC=CCN(CC1CCCO1)C(=O)C=C)CC1CCCO1. The van der Waals surface area contributed by atoms with Gasteiger partial charge in [0, 0.05) is 39.4 Å². The van der Waals surface area contributed by atoms with E-state index >= 15 is 0 Å². The van der Waals surface area contributed by atoms with Crippen molar-refractivity contribution in [3.63, 3.8) is 0 Å². The minimum Gasteiger partial charge on any atom is -0.376 e. The molecule has 144 valence electrons. The fourth-order valence-corrected chi connectivity index (χ4v) is 3.24. The first-order chi connectivity index (χ1) is 12.6. The number of rotatable bonds is 10. The van der Waals surface area contributed by atoms with Crippen LogP contribution in [0.1, 0.15) is 25.7 Å². The smallest absolute Gasteiger partial charge is 0.246 e. The summed E-state index contributed by atoms with van der Waals surface area (Å²) in [5.74, 6) is -0.216. The highest BCUT2D eigenvalue weighted by Gasteiger charge is 2.22. The van der Waals surface area contributed by atoms with Gasteiger partial charge in [0.05, 0.1) is 12.2 Å². The molecule has 2 atom stereocenters. The molecule has 2 aliphatic heterocycles. The van der Waals surface area contributed by atoms with Crippen LogP contribution in [-0.2, 0) is 19.1 Å². The number of nitrogens with zero attached hydrogens (tertiary/aromatic N) is 2. The van der Waals surface area contributed by atoms with Gasteiger partial charge in [0.15, 0.2) is 0 Å². The normalized spacial score (nSPS) is 22.5. The molecule has 2 amide bonds. The summed E-state index contributed by atoms with van der Waals surface area (Å²) in [5.41, 5.74) is 0. The molecule has 0 aliphatic carbocycles. The lowest BCUT2D eigenvalue weighted by Gasteiger charge is -2.24. The van der Waals surface area contributed by atoms with Crippen molar-refractivity contribution in [2.75, 3.05) is 39.4 Å². The molecule has 0 aromatic heterocycles. The molecule has 2 heterocycles. The van der Waals surface area contributed by atoms with Crippen LogP contribution >= 0.6 is 0 Å². The van der Waals surface area contributed by atoms with Gasteiger partial charge >= 0.3 is 0 Å². The van der Waals surface area contributed by atoms with E-state index in [2.05, 4.69) is 13.2 Å². The second-order valence-corrected chi connectivity index (χ2v) is 6.64. The van der Waals surface area contributed by atoms with E-state index in [-0.39, 0.29) is 24.0 Å². The third-order valence-electron chi connectivity index (χ3n) is 4.69. The van der Waals surface area contributed by atoms with Crippen molar-refractivity contribution < 1.29 is 19.1 Å².